The molecule has 2 aromatic carbocycles. The highest BCUT2D eigenvalue weighted by Crippen LogP contribution is 2.37. The molecule has 2 N–H and O–H groups in total. The van der Waals surface area contributed by atoms with Crippen molar-refractivity contribution in [3.05, 3.63) is 53.3 Å². The Hall–Kier alpha value is -2.04. The molecule has 0 fully saturated rings. The van der Waals surface area contributed by atoms with Crippen LogP contribution in [0.2, 0.25) is 0 Å². The molecule has 1 nitrogen and oxygen atoms in total. The molecular weight excluding hydrogens is 258 g/mol. The Labute approximate surface area is 107 Å². The van der Waals surface area contributed by atoms with Crippen LogP contribution in [-0.4, -0.2) is 0 Å². The first kappa shape index (κ1) is 13.4. The van der Waals surface area contributed by atoms with E-state index in [-0.39, 0.29) is 16.8 Å². The van der Waals surface area contributed by atoms with Crippen LogP contribution in [0.4, 0.5) is 23.2 Å². The minimum atomic E-state index is -4.48. The lowest BCUT2D eigenvalue weighted by Gasteiger charge is -2.14. The maximum Gasteiger partial charge on any atom is 0.416 e. The topological polar surface area (TPSA) is 26.0 Å². The highest BCUT2D eigenvalue weighted by atomic mass is 19.4. The smallest absolute Gasteiger partial charge is 0.398 e. The van der Waals surface area contributed by atoms with Gasteiger partial charge in [-0.25, -0.2) is 4.39 Å². The summed E-state index contributed by atoms with van der Waals surface area (Å²) < 4.78 is 51.7. The molecule has 2 rings (SSSR count). The average Bonchev–Trinajstić information content (AvgIpc) is 2.31. The van der Waals surface area contributed by atoms with Gasteiger partial charge in [0.2, 0.25) is 0 Å². The summed E-state index contributed by atoms with van der Waals surface area (Å²) >= 11 is 0. The molecule has 0 bridgehead atoms. The lowest BCUT2D eigenvalue weighted by Crippen LogP contribution is -2.09. The van der Waals surface area contributed by atoms with Gasteiger partial charge in [0.15, 0.2) is 0 Å². The third-order valence-electron chi connectivity index (χ3n) is 2.91. The van der Waals surface area contributed by atoms with Crippen LogP contribution in [0.5, 0.6) is 0 Å². The van der Waals surface area contributed by atoms with Crippen LogP contribution < -0.4 is 5.73 Å². The van der Waals surface area contributed by atoms with Gasteiger partial charge in [-0.05, 0) is 47.9 Å². The van der Waals surface area contributed by atoms with Gasteiger partial charge in [0, 0.05) is 5.69 Å². The Morgan fingerprint density at radius 1 is 1.00 bits per heavy atom. The first-order chi connectivity index (χ1) is 8.79. The van der Waals surface area contributed by atoms with Crippen LogP contribution in [0.1, 0.15) is 11.1 Å². The standard InChI is InChI=1S/C14H11F4N/c1-8-12(14(16,17)18)6-10(7-13(8)19)9-3-2-4-11(15)5-9/h2-7H,19H2,1H3. The first-order valence-electron chi connectivity index (χ1n) is 5.52. The van der Waals surface area contributed by atoms with Crippen LogP contribution in [0, 0.1) is 12.7 Å². The Bertz CT molecular complexity index is 617. The van der Waals surface area contributed by atoms with E-state index in [0.717, 1.165) is 6.07 Å². The number of rotatable bonds is 1. The zero-order chi connectivity index (χ0) is 14.2. The van der Waals surface area contributed by atoms with Gasteiger partial charge in [-0.3, -0.25) is 0 Å². The van der Waals surface area contributed by atoms with Crippen molar-refractivity contribution in [2.45, 2.75) is 13.1 Å². The summed E-state index contributed by atoms with van der Waals surface area (Å²) in [6, 6.07) is 7.77. The van der Waals surface area contributed by atoms with Gasteiger partial charge in [-0.2, -0.15) is 13.2 Å². The fraction of sp³-hybridized carbons (Fsp3) is 0.143. The van der Waals surface area contributed by atoms with E-state index < -0.39 is 17.6 Å². The Morgan fingerprint density at radius 3 is 2.26 bits per heavy atom. The molecule has 0 saturated carbocycles. The summed E-state index contributed by atoms with van der Waals surface area (Å²) in [5.41, 5.74) is 5.42. The SMILES string of the molecule is Cc1c(N)cc(-c2cccc(F)c2)cc1C(F)(F)F. The number of nitrogens with two attached hydrogens (primary N) is 1. The molecule has 0 aliphatic rings. The van der Waals surface area contributed by atoms with Crippen LogP contribution in [-0.2, 0) is 6.18 Å². The average molecular weight is 269 g/mol. The minimum Gasteiger partial charge on any atom is -0.398 e. The lowest BCUT2D eigenvalue weighted by molar-refractivity contribution is -0.137. The second-order valence-electron chi connectivity index (χ2n) is 4.25. The van der Waals surface area contributed by atoms with E-state index in [1.54, 1.807) is 0 Å². The summed E-state index contributed by atoms with van der Waals surface area (Å²) in [4.78, 5) is 0. The zero-order valence-corrected chi connectivity index (χ0v) is 10.1. The van der Waals surface area contributed by atoms with Crippen LogP contribution in [0.3, 0.4) is 0 Å². The molecule has 0 amide bonds. The van der Waals surface area contributed by atoms with E-state index in [1.165, 1.54) is 37.3 Å². The molecule has 5 heteroatoms. The van der Waals surface area contributed by atoms with Gasteiger partial charge in [0.05, 0.1) is 5.56 Å². The number of hydrogen-bond donors (Lipinski definition) is 1. The Morgan fingerprint density at radius 2 is 1.68 bits per heavy atom. The Kier molecular flexibility index (Phi) is 3.22. The molecule has 100 valence electrons. The van der Waals surface area contributed by atoms with E-state index in [1.807, 2.05) is 0 Å². The molecule has 0 atom stereocenters. The minimum absolute atomic E-state index is 0.0207. The maximum atomic E-state index is 13.1. The second-order valence-corrected chi connectivity index (χ2v) is 4.25. The summed E-state index contributed by atoms with van der Waals surface area (Å²) in [5, 5.41) is 0. The predicted molar refractivity (Wildman–Crippen MR) is 66.0 cm³/mol. The molecule has 0 aromatic heterocycles. The summed E-state index contributed by atoms with van der Waals surface area (Å²) in [5.74, 6) is -0.509. The first-order valence-corrected chi connectivity index (χ1v) is 5.52. The largest absolute Gasteiger partial charge is 0.416 e. The summed E-state index contributed by atoms with van der Waals surface area (Å²) in [7, 11) is 0. The van der Waals surface area contributed by atoms with Crippen molar-refractivity contribution in [2.75, 3.05) is 5.73 Å². The van der Waals surface area contributed by atoms with Gasteiger partial charge in [-0.15, -0.1) is 0 Å². The Balaban J connectivity index is 2.63. The monoisotopic (exact) mass is 269 g/mol. The fourth-order valence-electron chi connectivity index (χ4n) is 1.87. The number of alkyl halides is 3. The zero-order valence-electron chi connectivity index (χ0n) is 10.1. The van der Waals surface area contributed by atoms with Crippen molar-refractivity contribution in [1.82, 2.24) is 0 Å². The van der Waals surface area contributed by atoms with E-state index >= 15 is 0 Å². The lowest BCUT2D eigenvalue weighted by atomic mass is 9.98. The van der Waals surface area contributed by atoms with Gasteiger partial charge in [0.1, 0.15) is 5.82 Å². The molecule has 0 saturated heterocycles. The molecule has 2 aromatic rings. The number of hydrogen-bond acceptors (Lipinski definition) is 1. The van der Waals surface area contributed by atoms with Crippen LogP contribution >= 0.6 is 0 Å². The molecule has 0 aliphatic heterocycles. The molecular formula is C14H11F4N. The number of nitrogen functional groups attached to an aromatic ring is 1. The van der Waals surface area contributed by atoms with Crippen LogP contribution in [0.25, 0.3) is 11.1 Å². The fourth-order valence-corrected chi connectivity index (χ4v) is 1.87. The van der Waals surface area contributed by atoms with Crippen molar-refractivity contribution in [3.8, 4) is 11.1 Å². The van der Waals surface area contributed by atoms with Crippen molar-refractivity contribution < 1.29 is 17.6 Å². The molecule has 0 radical (unpaired) electrons. The third kappa shape index (κ3) is 2.70. The molecule has 0 spiro atoms. The third-order valence-corrected chi connectivity index (χ3v) is 2.91. The number of anilines is 1. The van der Waals surface area contributed by atoms with E-state index in [0.29, 0.717) is 5.56 Å². The van der Waals surface area contributed by atoms with Gasteiger partial charge < -0.3 is 5.73 Å². The summed E-state index contributed by atoms with van der Waals surface area (Å²) in [6.45, 7) is 1.31. The normalized spacial score (nSPS) is 11.6. The van der Waals surface area contributed by atoms with Crippen molar-refractivity contribution in [3.63, 3.8) is 0 Å². The van der Waals surface area contributed by atoms with Crippen molar-refractivity contribution in [1.29, 1.82) is 0 Å². The number of halogens is 4. The summed E-state index contributed by atoms with van der Waals surface area (Å²) in [6.07, 6.45) is -4.48. The second kappa shape index (κ2) is 4.57. The van der Waals surface area contributed by atoms with Gasteiger partial charge in [0.25, 0.3) is 0 Å². The van der Waals surface area contributed by atoms with E-state index in [4.69, 9.17) is 5.73 Å². The molecule has 19 heavy (non-hydrogen) atoms. The van der Waals surface area contributed by atoms with Gasteiger partial charge in [-0.1, -0.05) is 12.1 Å². The highest BCUT2D eigenvalue weighted by Gasteiger charge is 2.33. The number of benzene rings is 2. The quantitative estimate of drug-likeness (QED) is 0.602. The highest BCUT2D eigenvalue weighted by molar-refractivity contribution is 5.71. The molecule has 0 heterocycles. The van der Waals surface area contributed by atoms with E-state index in [9.17, 15) is 17.6 Å². The van der Waals surface area contributed by atoms with Crippen molar-refractivity contribution in [2.24, 2.45) is 0 Å². The van der Waals surface area contributed by atoms with Crippen LogP contribution in [0.15, 0.2) is 36.4 Å². The van der Waals surface area contributed by atoms with Gasteiger partial charge >= 0.3 is 6.18 Å². The maximum absolute atomic E-state index is 13.1. The molecule has 0 aliphatic carbocycles. The predicted octanol–water partition coefficient (Wildman–Crippen LogP) is 4.40. The van der Waals surface area contributed by atoms with E-state index in [2.05, 4.69) is 0 Å². The van der Waals surface area contributed by atoms with Crippen molar-refractivity contribution >= 4 is 5.69 Å². The molecule has 0 unspecified atom stereocenters.